The van der Waals surface area contributed by atoms with E-state index in [1.165, 1.54) is 12.3 Å². The minimum atomic E-state index is -0.230. The molecule has 0 saturated heterocycles. The lowest BCUT2D eigenvalue weighted by Crippen LogP contribution is -2.22. The molecular weight excluding hydrogens is 262 g/mol. The molecule has 0 atom stereocenters. The molecule has 0 bridgehead atoms. The summed E-state index contributed by atoms with van der Waals surface area (Å²) in [6, 6.07) is 12.2. The van der Waals surface area contributed by atoms with Crippen molar-refractivity contribution in [2.75, 3.05) is 0 Å². The van der Waals surface area contributed by atoms with Crippen LogP contribution in [-0.2, 0) is 6.54 Å². The Labute approximate surface area is 115 Å². The zero-order chi connectivity index (χ0) is 13.7. The summed E-state index contributed by atoms with van der Waals surface area (Å²) in [6.07, 6.45) is 1.38. The number of carbonyl (C=O) groups excluding carboxylic acids is 1. The van der Waals surface area contributed by atoms with Crippen LogP contribution in [0, 0.1) is 11.3 Å². The monoisotopic (exact) mass is 271 g/mol. The average Bonchev–Trinajstić information content (AvgIpc) is 2.46. The van der Waals surface area contributed by atoms with Gasteiger partial charge >= 0.3 is 0 Å². The zero-order valence-corrected chi connectivity index (χ0v) is 10.7. The number of carbonyl (C=O) groups is 1. The average molecular weight is 272 g/mol. The maximum absolute atomic E-state index is 11.8. The van der Waals surface area contributed by atoms with E-state index in [0.29, 0.717) is 17.1 Å². The van der Waals surface area contributed by atoms with Gasteiger partial charge in [-0.05, 0) is 29.8 Å². The summed E-state index contributed by atoms with van der Waals surface area (Å²) >= 11 is 5.78. The quantitative estimate of drug-likeness (QED) is 0.933. The van der Waals surface area contributed by atoms with Gasteiger partial charge in [-0.2, -0.15) is 5.26 Å². The highest BCUT2D eigenvalue weighted by molar-refractivity contribution is 6.30. The molecule has 0 unspecified atom stereocenters. The largest absolute Gasteiger partial charge is 0.348 e. The number of halogens is 1. The fourth-order valence-corrected chi connectivity index (χ4v) is 1.61. The number of hydrogen-bond acceptors (Lipinski definition) is 3. The van der Waals surface area contributed by atoms with E-state index in [-0.39, 0.29) is 11.6 Å². The predicted molar refractivity (Wildman–Crippen MR) is 71.6 cm³/mol. The van der Waals surface area contributed by atoms with Crippen LogP contribution < -0.4 is 5.32 Å². The number of nitrogens with zero attached hydrogens (tertiary/aromatic N) is 2. The van der Waals surface area contributed by atoms with Gasteiger partial charge in [0.1, 0.15) is 11.8 Å². The summed E-state index contributed by atoms with van der Waals surface area (Å²) in [5, 5.41) is 12.0. The van der Waals surface area contributed by atoms with Crippen LogP contribution in [0.15, 0.2) is 42.6 Å². The molecular formula is C14H10ClN3O. The van der Waals surface area contributed by atoms with Crippen molar-refractivity contribution in [1.29, 1.82) is 5.26 Å². The molecule has 1 aromatic carbocycles. The third kappa shape index (κ3) is 3.54. The SMILES string of the molecule is N#Cc1ccc(C(=O)NCc2ccc(Cl)cc2)cn1. The van der Waals surface area contributed by atoms with Crippen LogP contribution in [0.4, 0.5) is 0 Å². The van der Waals surface area contributed by atoms with Gasteiger partial charge in [-0.25, -0.2) is 4.98 Å². The molecule has 0 aliphatic heterocycles. The molecule has 1 N–H and O–H groups in total. The normalized spacial score (nSPS) is 9.68. The summed E-state index contributed by atoms with van der Waals surface area (Å²) in [7, 11) is 0. The van der Waals surface area contributed by atoms with Gasteiger partial charge in [0, 0.05) is 17.8 Å². The van der Waals surface area contributed by atoms with Crippen molar-refractivity contribution in [1.82, 2.24) is 10.3 Å². The lowest BCUT2D eigenvalue weighted by Gasteiger charge is -2.05. The highest BCUT2D eigenvalue weighted by Gasteiger charge is 2.05. The number of aromatic nitrogens is 1. The Morgan fingerprint density at radius 2 is 2.00 bits per heavy atom. The second kappa shape index (κ2) is 5.98. The van der Waals surface area contributed by atoms with Gasteiger partial charge < -0.3 is 5.32 Å². The topological polar surface area (TPSA) is 65.8 Å². The molecule has 0 radical (unpaired) electrons. The summed E-state index contributed by atoms with van der Waals surface area (Å²) in [6.45, 7) is 0.413. The number of rotatable bonds is 3. The Bertz CT molecular complexity index is 615. The van der Waals surface area contributed by atoms with E-state index in [1.54, 1.807) is 18.2 Å². The van der Waals surface area contributed by atoms with Gasteiger partial charge in [0.15, 0.2) is 0 Å². The molecule has 0 aliphatic rings. The number of pyridine rings is 1. The van der Waals surface area contributed by atoms with Crippen LogP contribution in [0.25, 0.3) is 0 Å². The maximum atomic E-state index is 11.8. The van der Waals surface area contributed by atoms with Crippen molar-refractivity contribution >= 4 is 17.5 Å². The second-order valence-corrected chi connectivity index (χ2v) is 4.29. The second-order valence-electron chi connectivity index (χ2n) is 3.85. The van der Waals surface area contributed by atoms with Crippen LogP contribution in [0.5, 0.6) is 0 Å². The molecule has 19 heavy (non-hydrogen) atoms. The van der Waals surface area contributed by atoms with Gasteiger partial charge in [0.25, 0.3) is 5.91 Å². The first-order chi connectivity index (χ1) is 9.19. The van der Waals surface area contributed by atoms with E-state index < -0.39 is 0 Å². The standard InChI is InChI=1S/C14H10ClN3O/c15-12-4-1-10(2-5-12)8-18-14(19)11-3-6-13(7-16)17-9-11/h1-6,9H,8H2,(H,18,19). The van der Waals surface area contributed by atoms with Crippen LogP contribution in [0.3, 0.4) is 0 Å². The van der Waals surface area contributed by atoms with Crippen molar-refractivity contribution in [3.63, 3.8) is 0 Å². The summed E-state index contributed by atoms with van der Waals surface area (Å²) in [5.41, 5.74) is 1.67. The van der Waals surface area contributed by atoms with Crippen molar-refractivity contribution in [3.8, 4) is 6.07 Å². The molecule has 0 spiro atoms. The number of hydrogen-bond donors (Lipinski definition) is 1. The van der Waals surface area contributed by atoms with Gasteiger partial charge in [-0.3, -0.25) is 4.79 Å². The van der Waals surface area contributed by atoms with Gasteiger partial charge in [0.2, 0.25) is 0 Å². The number of benzene rings is 1. The number of nitrogens with one attached hydrogen (secondary N) is 1. The zero-order valence-electron chi connectivity index (χ0n) is 9.93. The first-order valence-corrected chi connectivity index (χ1v) is 5.95. The lowest BCUT2D eigenvalue weighted by atomic mass is 10.2. The molecule has 4 nitrogen and oxygen atoms in total. The first kappa shape index (κ1) is 13.1. The Morgan fingerprint density at radius 3 is 2.58 bits per heavy atom. The van der Waals surface area contributed by atoms with Gasteiger partial charge in [-0.15, -0.1) is 0 Å². The molecule has 2 aromatic rings. The van der Waals surface area contributed by atoms with Crippen LogP contribution in [0.1, 0.15) is 21.6 Å². The Balaban J connectivity index is 1.97. The van der Waals surface area contributed by atoms with E-state index in [9.17, 15) is 4.79 Å². The number of amides is 1. The smallest absolute Gasteiger partial charge is 0.253 e. The van der Waals surface area contributed by atoms with Crippen molar-refractivity contribution in [3.05, 3.63) is 64.4 Å². The van der Waals surface area contributed by atoms with E-state index in [0.717, 1.165) is 5.56 Å². The van der Waals surface area contributed by atoms with Crippen molar-refractivity contribution < 1.29 is 4.79 Å². The fraction of sp³-hybridized carbons (Fsp3) is 0.0714. The lowest BCUT2D eigenvalue weighted by molar-refractivity contribution is 0.0950. The first-order valence-electron chi connectivity index (χ1n) is 5.58. The molecule has 0 saturated carbocycles. The Morgan fingerprint density at radius 1 is 1.26 bits per heavy atom. The highest BCUT2D eigenvalue weighted by Crippen LogP contribution is 2.09. The minimum Gasteiger partial charge on any atom is -0.348 e. The maximum Gasteiger partial charge on any atom is 0.253 e. The van der Waals surface area contributed by atoms with Gasteiger partial charge in [0.05, 0.1) is 5.56 Å². The number of nitriles is 1. The third-order valence-electron chi connectivity index (χ3n) is 2.51. The van der Waals surface area contributed by atoms with E-state index in [2.05, 4.69) is 10.3 Å². The Hall–Kier alpha value is -2.38. The molecule has 0 aliphatic carbocycles. The third-order valence-corrected chi connectivity index (χ3v) is 2.76. The predicted octanol–water partition coefficient (Wildman–Crippen LogP) is 2.54. The minimum absolute atomic E-state index is 0.230. The molecule has 2 rings (SSSR count). The highest BCUT2D eigenvalue weighted by atomic mass is 35.5. The summed E-state index contributed by atoms with van der Waals surface area (Å²) < 4.78 is 0. The summed E-state index contributed by atoms with van der Waals surface area (Å²) in [4.78, 5) is 15.7. The Kier molecular flexibility index (Phi) is 4.11. The van der Waals surface area contributed by atoms with Crippen molar-refractivity contribution in [2.24, 2.45) is 0 Å². The van der Waals surface area contributed by atoms with E-state index in [1.807, 2.05) is 18.2 Å². The fourth-order valence-electron chi connectivity index (χ4n) is 1.48. The van der Waals surface area contributed by atoms with Crippen molar-refractivity contribution in [2.45, 2.75) is 6.54 Å². The van der Waals surface area contributed by atoms with Crippen LogP contribution >= 0.6 is 11.6 Å². The molecule has 1 amide bonds. The molecule has 5 heteroatoms. The molecule has 0 fully saturated rings. The molecule has 1 aromatic heterocycles. The van der Waals surface area contributed by atoms with Gasteiger partial charge in [-0.1, -0.05) is 23.7 Å². The van der Waals surface area contributed by atoms with Crippen LogP contribution in [-0.4, -0.2) is 10.9 Å². The van der Waals surface area contributed by atoms with Crippen LogP contribution in [0.2, 0.25) is 5.02 Å². The van der Waals surface area contributed by atoms with E-state index in [4.69, 9.17) is 16.9 Å². The molecule has 1 heterocycles. The van der Waals surface area contributed by atoms with E-state index >= 15 is 0 Å². The summed E-state index contributed by atoms with van der Waals surface area (Å²) in [5.74, 6) is -0.230. The molecule has 94 valence electrons.